The van der Waals surface area contributed by atoms with Gasteiger partial charge >= 0.3 is 12.1 Å². The standard InChI is InChI=1S/C14H15F3N2O4/c1-8-5-10(23-11(8)13(21)22-2)7-19-6-9(3-4-20)12(18-19)14(15,16)17/h5-6,20H,3-4,7H2,1-2H3. The maximum atomic E-state index is 12.9. The Morgan fingerprint density at radius 3 is 2.74 bits per heavy atom. The highest BCUT2D eigenvalue weighted by molar-refractivity contribution is 5.87. The molecule has 0 spiro atoms. The first-order valence-electron chi connectivity index (χ1n) is 6.68. The lowest BCUT2D eigenvalue weighted by molar-refractivity contribution is -0.142. The van der Waals surface area contributed by atoms with E-state index in [9.17, 15) is 18.0 Å². The number of hydrogen-bond acceptors (Lipinski definition) is 5. The molecule has 1 N–H and O–H groups in total. The highest BCUT2D eigenvalue weighted by Crippen LogP contribution is 2.31. The minimum Gasteiger partial charge on any atom is -0.463 e. The number of ether oxygens (including phenoxy) is 1. The fourth-order valence-corrected chi connectivity index (χ4v) is 2.17. The normalized spacial score (nSPS) is 11.7. The molecule has 0 aliphatic heterocycles. The molecule has 0 bridgehead atoms. The van der Waals surface area contributed by atoms with E-state index in [0.29, 0.717) is 5.56 Å². The Balaban J connectivity index is 2.29. The van der Waals surface area contributed by atoms with E-state index in [4.69, 9.17) is 9.52 Å². The molecule has 0 aliphatic carbocycles. The van der Waals surface area contributed by atoms with E-state index in [0.717, 1.165) is 4.68 Å². The van der Waals surface area contributed by atoms with Gasteiger partial charge in [-0.1, -0.05) is 0 Å². The van der Waals surface area contributed by atoms with Gasteiger partial charge in [0.1, 0.15) is 5.76 Å². The second-order valence-corrected chi connectivity index (χ2v) is 4.89. The summed E-state index contributed by atoms with van der Waals surface area (Å²) in [4.78, 5) is 11.5. The molecule has 0 radical (unpaired) electrons. The molecule has 2 aromatic heterocycles. The summed E-state index contributed by atoms with van der Waals surface area (Å²) in [6.07, 6.45) is -3.56. The van der Waals surface area contributed by atoms with Crippen molar-refractivity contribution in [1.82, 2.24) is 9.78 Å². The van der Waals surface area contributed by atoms with Gasteiger partial charge in [-0.05, 0) is 19.4 Å². The molecule has 0 unspecified atom stereocenters. The van der Waals surface area contributed by atoms with Gasteiger partial charge in [-0.2, -0.15) is 18.3 Å². The van der Waals surface area contributed by atoms with Crippen LogP contribution >= 0.6 is 0 Å². The maximum absolute atomic E-state index is 12.9. The molecule has 9 heteroatoms. The summed E-state index contributed by atoms with van der Waals surface area (Å²) < 4.78 is 49.6. The molecular weight excluding hydrogens is 317 g/mol. The molecule has 0 fully saturated rings. The van der Waals surface area contributed by atoms with Crippen molar-refractivity contribution >= 4 is 5.97 Å². The molecule has 0 saturated heterocycles. The third-order valence-corrected chi connectivity index (χ3v) is 3.14. The Labute approximate surface area is 129 Å². The third kappa shape index (κ3) is 3.73. The van der Waals surface area contributed by atoms with E-state index in [1.54, 1.807) is 6.92 Å². The van der Waals surface area contributed by atoms with Crippen LogP contribution in [0.3, 0.4) is 0 Å². The van der Waals surface area contributed by atoms with E-state index in [1.165, 1.54) is 19.4 Å². The molecule has 126 valence electrons. The van der Waals surface area contributed by atoms with Gasteiger partial charge in [-0.25, -0.2) is 4.79 Å². The van der Waals surface area contributed by atoms with Crippen LogP contribution in [-0.4, -0.2) is 34.6 Å². The average molecular weight is 332 g/mol. The predicted molar refractivity (Wildman–Crippen MR) is 71.9 cm³/mol. The summed E-state index contributed by atoms with van der Waals surface area (Å²) in [5.74, 6) is -0.387. The van der Waals surface area contributed by atoms with E-state index in [2.05, 4.69) is 9.84 Å². The lowest BCUT2D eigenvalue weighted by atomic mass is 10.2. The number of alkyl halides is 3. The minimum atomic E-state index is -4.61. The van der Waals surface area contributed by atoms with Crippen LogP contribution in [0.2, 0.25) is 0 Å². The Morgan fingerprint density at radius 2 is 2.17 bits per heavy atom. The molecule has 0 atom stereocenters. The number of rotatable bonds is 5. The van der Waals surface area contributed by atoms with Crippen molar-refractivity contribution in [1.29, 1.82) is 0 Å². The van der Waals surface area contributed by atoms with Crippen LogP contribution in [0.4, 0.5) is 13.2 Å². The first-order chi connectivity index (χ1) is 10.8. The number of halogens is 3. The van der Waals surface area contributed by atoms with Gasteiger partial charge in [0.05, 0.1) is 13.7 Å². The lowest BCUT2D eigenvalue weighted by Gasteiger charge is -2.04. The number of esters is 1. The van der Waals surface area contributed by atoms with E-state index >= 15 is 0 Å². The smallest absolute Gasteiger partial charge is 0.435 e. The Bertz CT molecular complexity index is 703. The average Bonchev–Trinajstić information content (AvgIpc) is 3.02. The number of aromatic nitrogens is 2. The number of hydrogen-bond donors (Lipinski definition) is 1. The van der Waals surface area contributed by atoms with Crippen LogP contribution < -0.4 is 0 Å². The van der Waals surface area contributed by atoms with Crippen molar-refractivity contribution in [3.05, 3.63) is 40.6 Å². The van der Waals surface area contributed by atoms with Crippen LogP contribution in [0.1, 0.15) is 33.1 Å². The summed E-state index contributed by atoms with van der Waals surface area (Å²) >= 11 is 0. The molecule has 2 rings (SSSR count). The third-order valence-electron chi connectivity index (χ3n) is 3.14. The lowest BCUT2D eigenvalue weighted by Crippen LogP contribution is -2.10. The van der Waals surface area contributed by atoms with E-state index in [-0.39, 0.29) is 30.0 Å². The zero-order chi connectivity index (χ0) is 17.2. The summed E-state index contributed by atoms with van der Waals surface area (Å²) in [5.41, 5.74) is -0.620. The van der Waals surface area contributed by atoms with Gasteiger partial charge in [0.2, 0.25) is 5.76 Å². The van der Waals surface area contributed by atoms with Crippen LogP contribution in [0.5, 0.6) is 0 Å². The zero-order valence-electron chi connectivity index (χ0n) is 12.5. The molecule has 0 amide bonds. The van der Waals surface area contributed by atoms with Crippen LogP contribution in [0.25, 0.3) is 0 Å². The molecular formula is C14H15F3N2O4. The van der Waals surface area contributed by atoms with Crippen molar-refractivity contribution in [3.8, 4) is 0 Å². The second-order valence-electron chi connectivity index (χ2n) is 4.89. The Hall–Kier alpha value is -2.29. The van der Waals surface area contributed by atoms with Gasteiger partial charge in [0.25, 0.3) is 0 Å². The molecule has 23 heavy (non-hydrogen) atoms. The van der Waals surface area contributed by atoms with Crippen molar-refractivity contribution in [2.75, 3.05) is 13.7 Å². The van der Waals surface area contributed by atoms with Crippen LogP contribution in [0.15, 0.2) is 16.7 Å². The zero-order valence-corrected chi connectivity index (χ0v) is 12.5. The summed E-state index contributed by atoms with van der Waals surface area (Å²) in [5, 5.41) is 12.4. The quantitative estimate of drug-likeness (QED) is 0.849. The molecule has 0 aliphatic rings. The van der Waals surface area contributed by atoms with Crippen molar-refractivity contribution < 1.29 is 32.2 Å². The van der Waals surface area contributed by atoms with Crippen molar-refractivity contribution in [3.63, 3.8) is 0 Å². The Kier molecular flexibility index (Phi) is 4.79. The number of nitrogens with zero attached hydrogens (tertiary/aromatic N) is 2. The van der Waals surface area contributed by atoms with E-state index in [1.807, 2.05) is 0 Å². The van der Waals surface area contributed by atoms with Gasteiger partial charge in [-0.15, -0.1) is 0 Å². The number of carbonyl (C=O) groups is 1. The fraction of sp³-hybridized carbons (Fsp3) is 0.429. The molecule has 0 saturated carbocycles. The minimum absolute atomic E-state index is 0.00119. The van der Waals surface area contributed by atoms with E-state index < -0.39 is 24.4 Å². The van der Waals surface area contributed by atoms with Gasteiger partial charge < -0.3 is 14.3 Å². The first-order valence-corrected chi connectivity index (χ1v) is 6.68. The van der Waals surface area contributed by atoms with Gasteiger partial charge in [0, 0.05) is 23.9 Å². The number of aliphatic hydroxyl groups is 1. The summed E-state index contributed by atoms with van der Waals surface area (Å²) in [6.45, 7) is 1.13. The second kappa shape index (κ2) is 6.45. The number of aliphatic hydroxyl groups excluding tert-OH is 1. The van der Waals surface area contributed by atoms with Crippen LogP contribution in [-0.2, 0) is 23.9 Å². The predicted octanol–water partition coefficient (Wildman–Crippen LogP) is 2.17. The SMILES string of the molecule is COC(=O)c1oc(Cn2cc(CCO)c(C(F)(F)F)n2)cc1C. The monoisotopic (exact) mass is 332 g/mol. The van der Waals surface area contributed by atoms with Crippen molar-refractivity contribution in [2.45, 2.75) is 26.1 Å². The fourth-order valence-electron chi connectivity index (χ4n) is 2.17. The number of carbonyl (C=O) groups excluding carboxylic acids is 1. The Morgan fingerprint density at radius 1 is 1.48 bits per heavy atom. The number of furan rings is 1. The highest BCUT2D eigenvalue weighted by atomic mass is 19.4. The maximum Gasteiger partial charge on any atom is 0.435 e. The van der Waals surface area contributed by atoms with Gasteiger partial charge in [-0.3, -0.25) is 4.68 Å². The summed E-state index contributed by atoms with van der Waals surface area (Å²) in [6, 6.07) is 1.53. The molecule has 2 heterocycles. The molecule has 2 aromatic rings. The molecule has 6 nitrogen and oxygen atoms in total. The highest BCUT2D eigenvalue weighted by Gasteiger charge is 2.37. The van der Waals surface area contributed by atoms with Crippen LogP contribution in [0, 0.1) is 6.92 Å². The largest absolute Gasteiger partial charge is 0.463 e. The van der Waals surface area contributed by atoms with Crippen molar-refractivity contribution in [2.24, 2.45) is 0 Å². The topological polar surface area (TPSA) is 77.5 Å². The number of aryl methyl sites for hydroxylation is 1. The molecule has 0 aromatic carbocycles. The summed E-state index contributed by atoms with van der Waals surface area (Å²) in [7, 11) is 1.20. The number of methoxy groups -OCH3 is 1. The van der Waals surface area contributed by atoms with Gasteiger partial charge in [0.15, 0.2) is 5.69 Å². The first kappa shape index (κ1) is 17.1.